The van der Waals surface area contributed by atoms with Crippen molar-refractivity contribution in [1.82, 2.24) is 0 Å². The second-order valence-electron chi connectivity index (χ2n) is 6.33. The normalized spacial score (nSPS) is 13.4. The number of esters is 1. The van der Waals surface area contributed by atoms with Crippen molar-refractivity contribution in [3.8, 4) is 17.2 Å². The Bertz CT molecular complexity index is 833. The number of carbonyl (C=O) groups excluding carboxylic acids is 2. The largest absolute Gasteiger partial charge is 0.497 e. The van der Waals surface area contributed by atoms with Gasteiger partial charge >= 0.3 is 5.97 Å². The quantitative estimate of drug-likeness (QED) is 0.738. The zero-order chi connectivity index (χ0) is 19.9. The Labute approximate surface area is 163 Å². The number of methoxy groups -OCH3 is 1. The van der Waals surface area contributed by atoms with E-state index in [4.69, 9.17) is 18.9 Å². The van der Waals surface area contributed by atoms with Crippen LogP contribution >= 0.6 is 0 Å². The van der Waals surface area contributed by atoms with Gasteiger partial charge in [-0.3, -0.25) is 9.59 Å². The van der Waals surface area contributed by atoms with Crippen LogP contribution in [0.25, 0.3) is 0 Å². The Balaban J connectivity index is 1.47. The Hall–Kier alpha value is -3.22. The predicted octanol–water partition coefficient (Wildman–Crippen LogP) is 2.97. The van der Waals surface area contributed by atoms with Gasteiger partial charge in [0.2, 0.25) is 0 Å². The number of aryl methyl sites for hydroxylation is 1. The molecular formula is C21H23NO6. The molecule has 7 heteroatoms. The molecule has 0 saturated carbocycles. The third-order valence-corrected chi connectivity index (χ3v) is 4.26. The number of hydrogen-bond acceptors (Lipinski definition) is 6. The number of benzene rings is 2. The molecule has 148 valence electrons. The molecule has 1 aliphatic heterocycles. The number of rotatable bonds is 7. The van der Waals surface area contributed by atoms with Gasteiger partial charge in [-0.25, -0.2) is 0 Å². The summed E-state index contributed by atoms with van der Waals surface area (Å²) in [6.07, 6.45) is -0.190. The molecule has 0 fully saturated rings. The fraction of sp³-hybridized carbons (Fsp3) is 0.333. The second kappa shape index (κ2) is 9.12. The molecule has 0 saturated heterocycles. The molecule has 1 heterocycles. The molecular weight excluding hydrogens is 362 g/mol. The van der Waals surface area contributed by atoms with E-state index in [1.54, 1.807) is 32.2 Å². The van der Waals surface area contributed by atoms with Crippen LogP contribution in [0.5, 0.6) is 17.2 Å². The van der Waals surface area contributed by atoms with Crippen LogP contribution in [-0.2, 0) is 20.7 Å². The molecule has 0 aromatic heterocycles. The van der Waals surface area contributed by atoms with Gasteiger partial charge in [-0.05, 0) is 43.2 Å². The highest BCUT2D eigenvalue weighted by molar-refractivity contribution is 5.95. The number of carbonyl (C=O) groups is 2. The van der Waals surface area contributed by atoms with E-state index < -0.39 is 18.0 Å². The average Bonchev–Trinajstić information content (AvgIpc) is 2.72. The third kappa shape index (κ3) is 5.16. The van der Waals surface area contributed by atoms with Gasteiger partial charge in [0.05, 0.1) is 7.11 Å². The van der Waals surface area contributed by atoms with Gasteiger partial charge in [-0.2, -0.15) is 0 Å². The van der Waals surface area contributed by atoms with E-state index in [1.807, 2.05) is 24.3 Å². The maximum absolute atomic E-state index is 12.3. The van der Waals surface area contributed by atoms with E-state index in [0.29, 0.717) is 36.8 Å². The topological polar surface area (TPSA) is 83.1 Å². The molecule has 1 aliphatic rings. The number of hydrogen-bond donors (Lipinski definition) is 1. The van der Waals surface area contributed by atoms with E-state index in [1.165, 1.54) is 0 Å². The zero-order valence-corrected chi connectivity index (χ0v) is 15.9. The first-order valence-electron chi connectivity index (χ1n) is 9.08. The number of amides is 1. The highest BCUT2D eigenvalue weighted by Gasteiger charge is 2.19. The molecule has 2 aromatic rings. The van der Waals surface area contributed by atoms with Crippen LogP contribution in [0, 0.1) is 0 Å². The lowest BCUT2D eigenvalue weighted by Gasteiger charge is -2.19. The van der Waals surface area contributed by atoms with Crippen LogP contribution < -0.4 is 19.5 Å². The van der Waals surface area contributed by atoms with Gasteiger partial charge in [-0.15, -0.1) is 0 Å². The minimum Gasteiger partial charge on any atom is -0.497 e. The molecule has 1 amide bonds. The standard InChI is InChI=1S/C21H23NO6/c1-14(28-20(23)10-5-15-3-7-17(25-2)8-4-15)21(24)22-16-6-9-18-19(13-16)27-12-11-26-18/h3-4,6-9,13-14H,5,10-12H2,1-2H3,(H,22,24)/t14-/m1/s1. The molecule has 0 aliphatic carbocycles. The van der Waals surface area contributed by atoms with Crippen molar-refractivity contribution in [1.29, 1.82) is 0 Å². The SMILES string of the molecule is COc1ccc(CCC(=O)O[C@H](C)C(=O)Nc2ccc3c(c2)OCCO3)cc1. The molecule has 0 bridgehead atoms. The summed E-state index contributed by atoms with van der Waals surface area (Å²) in [6.45, 7) is 2.51. The fourth-order valence-corrected chi connectivity index (χ4v) is 2.71. The maximum atomic E-state index is 12.3. The lowest BCUT2D eigenvalue weighted by atomic mass is 10.1. The van der Waals surface area contributed by atoms with Crippen LogP contribution in [0.3, 0.4) is 0 Å². The Kier molecular flexibility index (Phi) is 6.37. The van der Waals surface area contributed by atoms with Gasteiger partial charge in [0.25, 0.3) is 5.91 Å². The minimum absolute atomic E-state index is 0.188. The maximum Gasteiger partial charge on any atom is 0.306 e. The van der Waals surface area contributed by atoms with Crippen molar-refractivity contribution in [2.24, 2.45) is 0 Å². The summed E-state index contributed by atoms with van der Waals surface area (Å²) in [4.78, 5) is 24.3. The van der Waals surface area contributed by atoms with E-state index in [-0.39, 0.29) is 6.42 Å². The molecule has 7 nitrogen and oxygen atoms in total. The highest BCUT2D eigenvalue weighted by atomic mass is 16.6. The van der Waals surface area contributed by atoms with Crippen molar-refractivity contribution >= 4 is 17.6 Å². The summed E-state index contributed by atoms with van der Waals surface area (Å²) >= 11 is 0. The molecule has 0 radical (unpaired) electrons. The predicted molar refractivity (Wildman–Crippen MR) is 103 cm³/mol. The summed E-state index contributed by atoms with van der Waals surface area (Å²) in [7, 11) is 1.60. The lowest BCUT2D eigenvalue weighted by Crippen LogP contribution is -2.30. The minimum atomic E-state index is -0.906. The van der Waals surface area contributed by atoms with Gasteiger partial charge in [0.1, 0.15) is 19.0 Å². The molecule has 1 N–H and O–H groups in total. The molecule has 28 heavy (non-hydrogen) atoms. The molecule has 3 rings (SSSR count). The van der Waals surface area contributed by atoms with Gasteiger partial charge in [0.15, 0.2) is 17.6 Å². The van der Waals surface area contributed by atoms with E-state index in [2.05, 4.69) is 5.32 Å². The molecule has 2 aromatic carbocycles. The Morgan fingerprint density at radius 2 is 1.79 bits per heavy atom. The fourth-order valence-electron chi connectivity index (χ4n) is 2.71. The molecule has 0 spiro atoms. The van der Waals surface area contributed by atoms with Gasteiger partial charge in [0, 0.05) is 18.2 Å². The van der Waals surface area contributed by atoms with Crippen molar-refractivity contribution in [3.63, 3.8) is 0 Å². The number of anilines is 1. The second-order valence-corrected chi connectivity index (χ2v) is 6.33. The molecule has 1 atom stereocenters. The first kappa shape index (κ1) is 19.5. The number of ether oxygens (including phenoxy) is 4. The highest BCUT2D eigenvalue weighted by Crippen LogP contribution is 2.32. The third-order valence-electron chi connectivity index (χ3n) is 4.26. The van der Waals surface area contributed by atoms with E-state index in [0.717, 1.165) is 11.3 Å². The Morgan fingerprint density at radius 1 is 1.07 bits per heavy atom. The number of nitrogens with one attached hydrogen (secondary N) is 1. The van der Waals surface area contributed by atoms with Crippen LogP contribution in [-0.4, -0.2) is 38.3 Å². The van der Waals surface area contributed by atoms with Crippen LogP contribution in [0.4, 0.5) is 5.69 Å². The van der Waals surface area contributed by atoms with Gasteiger partial charge < -0.3 is 24.3 Å². The van der Waals surface area contributed by atoms with Crippen LogP contribution in [0.15, 0.2) is 42.5 Å². The van der Waals surface area contributed by atoms with Crippen molar-refractivity contribution < 1.29 is 28.5 Å². The summed E-state index contributed by atoms with van der Waals surface area (Å²) in [5.41, 5.74) is 1.54. The van der Waals surface area contributed by atoms with E-state index in [9.17, 15) is 9.59 Å². The molecule has 0 unspecified atom stereocenters. The first-order valence-corrected chi connectivity index (χ1v) is 9.08. The van der Waals surface area contributed by atoms with Crippen molar-refractivity contribution in [2.75, 3.05) is 25.6 Å². The zero-order valence-electron chi connectivity index (χ0n) is 15.9. The lowest BCUT2D eigenvalue weighted by molar-refractivity contribution is -0.153. The summed E-state index contributed by atoms with van der Waals surface area (Å²) in [5.74, 6) is 1.14. The van der Waals surface area contributed by atoms with Crippen molar-refractivity contribution in [3.05, 3.63) is 48.0 Å². The van der Waals surface area contributed by atoms with E-state index >= 15 is 0 Å². The van der Waals surface area contributed by atoms with Gasteiger partial charge in [-0.1, -0.05) is 12.1 Å². The first-order chi connectivity index (χ1) is 13.5. The smallest absolute Gasteiger partial charge is 0.306 e. The van der Waals surface area contributed by atoms with Crippen LogP contribution in [0.2, 0.25) is 0 Å². The monoisotopic (exact) mass is 385 g/mol. The van der Waals surface area contributed by atoms with Crippen molar-refractivity contribution in [2.45, 2.75) is 25.9 Å². The average molecular weight is 385 g/mol. The summed E-state index contributed by atoms with van der Waals surface area (Å²) in [6, 6.07) is 12.6. The number of fused-ring (bicyclic) bond motifs is 1. The summed E-state index contributed by atoms with van der Waals surface area (Å²) in [5, 5.41) is 2.72. The summed E-state index contributed by atoms with van der Waals surface area (Å²) < 4.78 is 21.3. The Morgan fingerprint density at radius 3 is 2.50 bits per heavy atom. The van der Waals surface area contributed by atoms with Crippen LogP contribution in [0.1, 0.15) is 18.9 Å².